The number of benzene rings is 1. The summed E-state index contributed by atoms with van der Waals surface area (Å²) in [5.41, 5.74) is -0.387. The Morgan fingerprint density at radius 3 is 2.32 bits per heavy atom. The zero-order valence-electron chi connectivity index (χ0n) is 14.3. The minimum Gasteiger partial charge on any atom is -0.494 e. The number of anilines is 2. The van der Waals surface area contributed by atoms with Gasteiger partial charge in [0.05, 0.1) is 13.2 Å². The molecule has 8 heteroatoms. The van der Waals surface area contributed by atoms with Gasteiger partial charge < -0.3 is 14.4 Å². The fourth-order valence-electron chi connectivity index (χ4n) is 2.13. The molecule has 2 aromatic rings. The lowest BCUT2D eigenvalue weighted by molar-refractivity contribution is -0.137. The van der Waals surface area contributed by atoms with Gasteiger partial charge in [-0.2, -0.15) is 18.2 Å². The van der Waals surface area contributed by atoms with Crippen molar-refractivity contribution >= 4 is 11.5 Å². The van der Waals surface area contributed by atoms with Gasteiger partial charge in [-0.05, 0) is 37.6 Å². The lowest BCUT2D eigenvalue weighted by Gasteiger charge is -2.22. The second kappa shape index (κ2) is 8.04. The first-order valence-corrected chi connectivity index (χ1v) is 7.90. The fourth-order valence-corrected chi connectivity index (χ4v) is 2.13. The van der Waals surface area contributed by atoms with Crippen molar-refractivity contribution in [2.45, 2.75) is 26.4 Å². The Kier molecular flexibility index (Phi) is 6.06. The molecule has 0 aliphatic rings. The lowest BCUT2D eigenvalue weighted by Crippen LogP contribution is -2.19. The van der Waals surface area contributed by atoms with Crippen LogP contribution in [0.5, 0.6) is 11.8 Å². The third-order valence-electron chi connectivity index (χ3n) is 3.34. The number of rotatable bonds is 7. The number of alkyl halides is 3. The van der Waals surface area contributed by atoms with Crippen molar-refractivity contribution in [3.05, 3.63) is 36.0 Å². The summed E-state index contributed by atoms with van der Waals surface area (Å²) in [7, 11) is 1.51. The summed E-state index contributed by atoms with van der Waals surface area (Å²) in [6.07, 6.45) is -3.12. The van der Waals surface area contributed by atoms with Crippen molar-refractivity contribution in [1.29, 1.82) is 0 Å². The predicted octanol–water partition coefficient (Wildman–Crippen LogP) is 4.45. The average molecular weight is 355 g/mol. The summed E-state index contributed by atoms with van der Waals surface area (Å²) >= 11 is 0. The van der Waals surface area contributed by atoms with Crippen LogP contribution >= 0.6 is 0 Å². The van der Waals surface area contributed by atoms with E-state index in [0.717, 1.165) is 6.20 Å². The summed E-state index contributed by atoms with van der Waals surface area (Å²) in [4.78, 5) is 8.96. The van der Waals surface area contributed by atoms with Crippen LogP contribution in [0.2, 0.25) is 0 Å². The topological polar surface area (TPSA) is 47.5 Å². The molecular formula is C17H20F3N3O2. The van der Waals surface area contributed by atoms with Gasteiger partial charge in [0.15, 0.2) is 5.82 Å². The van der Waals surface area contributed by atoms with Crippen LogP contribution in [-0.2, 0) is 6.18 Å². The number of hydrogen-bond acceptors (Lipinski definition) is 5. The number of nitrogens with zero attached hydrogens (tertiary/aromatic N) is 3. The van der Waals surface area contributed by atoms with Gasteiger partial charge in [0.2, 0.25) is 0 Å². The maximum absolute atomic E-state index is 13.3. The number of halogens is 3. The van der Waals surface area contributed by atoms with Crippen molar-refractivity contribution in [2.75, 3.05) is 25.2 Å². The first-order chi connectivity index (χ1) is 11.9. The third kappa shape index (κ3) is 4.74. The maximum atomic E-state index is 13.3. The molecule has 0 amide bonds. The summed E-state index contributed by atoms with van der Waals surface area (Å²) in [5.74, 6) is 0.378. The molecule has 5 nitrogen and oxygen atoms in total. The first-order valence-electron chi connectivity index (χ1n) is 7.90. The molecule has 0 radical (unpaired) electrons. The van der Waals surface area contributed by atoms with E-state index in [1.54, 1.807) is 24.3 Å². The van der Waals surface area contributed by atoms with E-state index in [9.17, 15) is 13.2 Å². The summed E-state index contributed by atoms with van der Waals surface area (Å²) in [6.45, 7) is 4.58. The Hall–Kier alpha value is -2.51. The van der Waals surface area contributed by atoms with Gasteiger partial charge in [0.25, 0.3) is 0 Å². The van der Waals surface area contributed by atoms with E-state index >= 15 is 0 Å². The molecule has 0 saturated carbocycles. The zero-order chi connectivity index (χ0) is 18.4. The molecule has 1 aromatic heterocycles. The Bertz CT molecular complexity index is 691. The molecule has 1 heterocycles. The van der Waals surface area contributed by atoms with Crippen LogP contribution in [0.15, 0.2) is 30.5 Å². The van der Waals surface area contributed by atoms with E-state index in [0.29, 0.717) is 31.1 Å². The van der Waals surface area contributed by atoms with Crippen LogP contribution in [0, 0.1) is 0 Å². The van der Waals surface area contributed by atoms with Crippen molar-refractivity contribution < 1.29 is 22.6 Å². The molecule has 0 N–H and O–H groups in total. The molecular weight excluding hydrogens is 335 g/mol. The Labute approximate surface area is 144 Å². The highest BCUT2D eigenvalue weighted by molar-refractivity contribution is 5.63. The standard InChI is InChI=1S/C17H20F3N3O2/c1-4-10-25-16-21-11-14(17(18,19)20)15(22-16)23(3)12-6-8-13(9-7-12)24-5-2/h6-9,11H,4-5,10H2,1-3H3. The molecule has 0 atom stereocenters. The predicted molar refractivity (Wildman–Crippen MR) is 88.5 cm³/mol. The average Bonchev–Trinajstić information content (AvgIpc) is 2.59. The Morgan fingerprint density at radius 1 is 1.08 bits per heavy atom. The molecule has 0 unspecified atom stereocenters. The molecule has 0 aliphatic carbocycles. The highest BCUT2D eigenvalue weighted by atomic mass is 19.4. The van der Waals surface area contributed by atoms with E-state index in [2.05, 4.69) is 9.97 Å². The zero-order valence-corrected chi connectivity index (χ0v) is 14.3. The Morgan fingerprint density at radius 2 is 1.76 bits per heavy atom. The molecule has 0 bridgehead atoms. The summed E-state index contributed by atoms with van der Waals surface area (Å²) < 4.78 is 50.5. The fraction of sp³-hybridized carbons (Fsp3) is 0.412. The largest absolute Gasteiger partial charge is 0.494 e. The van der Waals surface area contributed by atoms with Crippen LogP contribution in [0.4, 0.5) is 24.7 Å². The molecule has 136 valence electrons. The van der Waals surface area contributed by atoms with Gasteiger partial charge in [0.1, 0.15) is 11.3 Å². The number of ether oxygens (including phenoxy) is 2. The third-order valence-corrected chi connectivity index (χ3v) is 3.34. The van der Waals surface area contributed by atoms with Crippen molar-refractivity contribution in [2.24, 2.45) is 0 Å². The van der Waals surface area contributed by atoms with Gasteiger partial charge in [-0.25, -0.2) is 4.98 Å². The minimum atomic E-state index is -4.57. The second-order valence-electron chi connectivity index (χ2n) is 5.22. The quantitative estimate of drug-likeness (QED) is 0.734. The van der Waals surface area contributed by atoms with Gasteiger partial charge in [0, 0.05) is 18.9 Å². The lowest BCUT2D eigenvalue weighted by atomic mass is 10.2. The van der Waals surface area contributed by atoms with Crippen molar-refractivity contribution in [3.63, 3.8) is 0 Å². The van der Waals surface area contributed by atoms with Gasteiger partial charge in [-0.1, -0.05) is 6.92 Å². The molecule has 2 rings (SSSR count). The Balaban J connectivity index is 2.39. The van der Waals surface area contributed by atoms with Crippen molar-refractivity contribution in [1.82, 2.24) is 9.97 Å². The summed E-state index contributed by atoms with van der Waals surface area (Å²) in [5, 5.41) is 0. The van der Waals surface area contributed by atoms with E-state index in [1.807, 2.05) is 13.8 Å². The highest BCUT2D eigenvalue weighted by Gasteiger charge is 2.36. The number of hydrogen-bond donors (Lipinski definition) is 0. The highest BCUT2D eigenvalue weighted by Crippen LogP contribution is 2.37. The first kappa shape index (κ1) is 18.8. The van der Waals surface area contributed by atoms with Crippen LogP contribution in [0.25, 0.3) is 0 Å². The van der Waals surface area contributed by atoms with Crippen molar-refractivity contribution in [3.8, 4) is 11.8 Å². The smallest absolute Gasteiger partial charge is 0.421 e. The molecule has 0 saturated heterocycles. The molecule has 1 aromatic carbocycles. The van der Waals surface area contributed by atoms with Gasteiger partial charge >= 0.3 is 12.2 Å². The summed E-state index contributed by atoms with van der Waals surface area (Å²) in [6, 6.07) is 6.64. The van der Waals surface area contributed by atoms with E-state index in [1.165, 1.54) is 11.9 Å². The molecule has 0 spiro atoms. The van der Waals surface area contributed by atoms with E-state index in [-0.39, 0.29) is 11.8 Å². The minimum absolute atomic E-state index is 0.0809. The van der Waals surface area contributed by atoms with Crippen LogP contribution in [0.1, 0.15) is 25.8 Å². The van der Waals surface area contributed by atoms with Gasteiger partial charge in [-0.15, -0.1) is 0 Å². The van der Waals surface area contributed by atoms with Crippen LogP contribution in [-0.4, -0.2) is 30.2 Å². The maximum Gasteiger partial charge on any atom is 0.421 e. The van der Waals surface area contributed by atoms with Gasteiger partial charge in [-0.3, -0.25) is 0 Å². The van der Waals surface area contributed by atoms with Crippen LogP contribution in [0.3, 0.4) is 0 Å². The molecule has 0 aliphatic heterocycles. The monoisotopic (exact) mass is 355 g/mol. The molecule has 25 heavy (non-hydrogen) atoms. The molecule has 0 fully saturated rings. The SMILES string of the molecule is CCCOc1ncc(C(F)(F)F)c(N(C)c2ccc(OCC)cc2)n1. The van der Waals surface area contributed by atoms with E-state index in [4.69, 9.17) is 9.47 Å². The normalized spacial score (nSPS) is 11.3. The van der Waals surface area contributed by atoms with E-state index < -0.39 is 11.7 Å². The van der Waals surface area contributed by atoms with Crippen LogP contribution < -0.4 is 14.4 Å². The number of aromatic nitrogens is 2. The second-order valence-corrected chi connectivity index (χ2v) is 5.22.